The van der Waals surface area contributed by atoms with Gasteiger partial charge < -0.3 is 15.3 Å². The van der Waals surface area contributed by atoms with Crippen LogP contribution >= 0.6 is 0 Å². The summed E-state index contributed by atoms with van der Waals surface area (Å²) in [5, 5.41) is 12.9. The fourth-order valence-electron chi connectivity index (χ4n) is 2.49. The van der Waals surface area contributed by atoms with E-state index in [-0.39, 0.29) is 12.6 Å². The zero-order valence-electron chi connectivity index (χ0n) is 13.3. The van der Waals surface area contributed by atoms with Gasteiger partial charge in [0.05, 0.1) is 6.61 Å². The first-order valence-electron chi connectivity index (χ1n) is 7.69. The van der Waals surface area contributed by atoms with Crippen LogP contribution in [0.5, 0.6) is 0 Å². The van der Waals surface area contributed by atoms with Crippen LogP contribution < -0.4 is 5.32 Å². The summed E-state index contributed by atoms with van der Waals surface area (Å²) in [5.74, 6) is 0.489. The lowest BCUT2D eigenvalue weighted by Crippen LogP contribution is -2.39. The smallest absolute Gasteiger partial charge is 0.0584 e. The molecule has 0 aliphatic carbocycles. The van der Waals surface area contributed by atoms with Crippen LogP contribution in [0.4, 0.5) is 0 Å². The van der Waals surface area contributed by atoms with Crippen LogP contribution in [-0.4, -0.2) is 42.8 Å². The molecule has 3 heteroatoms. The van der Waals surface area contributed by atoms with Gasteiger partial charge in [-0.3, -0.25) is 0 Å². The number of likely N-dealkylation sites (N-methyl/N-ethyl adjacent to an activating group) is 1. The molecule has 0 aliphatic rings. The number of hydrogen-bond acceptors (Lipinski definition) is 3. The van der Waals surface area contributed by atoms with Crippen LogP contribution in [0.15, 0.2) is 30.3 Å². The molecule has 1 aromatic carbocycles. The summed E-state index contributed by atoms with van der Waals surface area (Å²) in [6, 6.07) is 11.2. The number of nitrogens with one attached hydrogen (secondary N) is 1. The highest BCUT2D eigenvalue weighted by Gasteiger charge is 2.21. The molecule has 0 aromatic heterocycles. The first-order chi connectivity index (χ1) is 9.60. The molecule has 0 radical (unpaired) electrons. The molecule has 0 bridgehead atoms. The van der Waals surface area contributed by atoms with Crippen LogP contribution in [0, 0.1) is 5.92 Å². The summed E-state index contributed by atoms with van der Waals surface area (Å²) in [6.07, 6.45) is 1.14. The lowest BCUT2D eigenvalue weighted by molar-refractivity contribution is 0.136. The molecule has 0 aliphatic heterocycles. The number of aliphatic hydroxyl groups excluding tert-OH is 1. The van der Waals surface area contributed by atoms with Crippen molar-refractivity contribution in [3.05, 3.63) is 35.9 Å². The predicted octanol–water partition coefficient (Wildman–Crippen LogP) is 2.68. The van der Waals surface area contributed by atoms with Gasteiger partial charge in [0, 0.05) is 18.6 Å². The molecule has 1 aromatic rings. The first kappa shape index (κ1) is 17.2. The summed E-state index contributed by atoms with van der Waals surface area (Å²) in [5.41, 5.74) is 1.35. The van der Waals surface area contributed by atoms with Crippen LogP contribution in [-0.2, 0) is 0 Å². The van der Waals surface area contributed by atoms with Crippen molar-refractivity contribution < 1.29 is 5.11 Å². The Bertz CT molecular complexity index is 355. The average molecular weight is 278 g/mol. The molecule has 0 spiro atoms. The Morgan fingerprint density at radius 1 is 1.20 bits per heavy atom. The Morgan fingerprint density at radius 2 is 1.85 bits per heavy atom. The fourth-order valence-corrected chi connectivity index (χ4v) is 2.49. The average Bonchev–Trinajstić information content (AvgIpc) is 2.47. The topological polar surface area (TPSA) is 35.5 Å². The van der Waals surface area contributed by atoms with Gasteiger partial charge in [-0.25, -0.2) is 0 Å². The van der Waals surface area contributed by atoms with E-state index in [4.69, 9.17) is 0 Å². The zero-order chi connectivity index (χ0) is 15.0. The molecule has 3 unspecified atom stereocenters. The number of rotatable bonds is 9. The van der Waals surface area contributed by atoms with E-state index in [1.54, 1.807) is 0 Å². The van der Waals surface area contributed by atoms with E-state index < -0.39 is 0 Å². The first-order valence-corrected chi connectivity index (χ1v) is 7.69. The molecule has 3 atom stereocenters. The Kier molecular flexibility index (Phi) is 7.82. The van der Waals surface area contributed by atoms with Gasteiger partial charge in [0.15, 0.2) is 0 Å². The number of benzene rings is 1. The van der Waals surface area contributed by atoms with Crippen LogP contribution in [0.1, 0.15) is 38.8 Å². The number of nitrogens with zero attached hydrogens (tertiary/aromatic N) is 1. The zero-order valence-corrected chi connectivity index (χ0v) is 13.3. The minimum Gasteiger partial charge on any atom is -0.395 e. The van der Waals surface area contributed by atoms with E-state index in [1.165, 1.54) is 5.56 Å². The van der Waals surface area contributed by atoms with Gasteiger partial charge in [-0.2, -0.15) is 0 Å². The quantitative estimate of drug-likeness (QED) is 0.729. The summed E-state index contributed by atoms with van der Waals surface area (Å²) in [4.78, 5) is 2.23. The van der Waals surface area contributed by atoms with Gasteiger partial charge in [0.1, 0.15) is 0 Å². The normalized spacial score (nSPS) is 16.1. The third-order valence-electron chi connectivity index (χ3n) is 3.93. The predicted molar refractivity (Wildman–Crippen MR) is 85.8 cm³/mol. The van der Waals surface area contributed by atoms with Crippen molar-refractivity contribution in [2.24, 2.45) is 5.92 Å². The van der Waals surface area contributed by atoms with Crippen LogP contribution in [0.3, 0.4) is 0 Å². The molecule has 114 valence electrons. The van der Waals surface area contributed by atoms with Crippen molar-refractivity contribution in [1.29, 1.82) is 0 Å². The van der Waals surface area contributed by atoms with E-state index in [9.17, 15) is 5.11 Å². The standard InChI is InChI=1S/C17H30N2O/c1-5-11-18-17(16-9-7-6-8-10-16)14(2)12-19(4)15(3)13-20/h6-10,14-15,17-18,20H,5,11-13H2,1-4H3. The summed E-state index contributed by atoms with van der Waals surface area (Å²) >= 11 is 0. The highest BCUT2D eigenvalue weighted by atomic mass is 16.3. The summed E-state index contributed by atoms with van der Waals surface area (Å²) < 4.78 is 0. The highest BCUT2D eigenvalue weighted by Crippen LogP contribution is 2.23. The van der Waals surface area contributed by atoms with Gasteiger partial charge in [0.25, 0.3) is 0 Å². The number of hydrogen-bond donors (Lipinski definition) is 2. The molecular formula is C17H30N2O. The van der Waals surface area contributed by atoms with Crippen molar-refractivity contribution >= 4 is 0 Å². The van der Waals surface area contributed by atoms with E-state index in [0.29, 0.717) is 12.0 Å². The monoisotopic (exact) mass is 278 g/mol. The molecule has 0 saturated heterocycles. The maximum absolute atomic E-state index is 9.26. The van der Waals surface area contributed by atoms with E-state index in [0.717, 1.165) is 19.5 Å². The fraction of sp³-hybridized carbons (Fsp3) is 0.647. The van der Waals surface area contributed by atoms with Crippen LogP contribution in [0.25, 0.3) is 0 Å². The van der Waals surface area contributed by atoms with Crippen molar-refractivity contribution in [3.8, 4) is 0 Å². The molecule has 2 N–H and O–H groups in total. The van der Waals surface area contributed by atoms with Crippen LogP contribution in [0.2, 0.25) is 0 Å². The Morgan fingerprint density at radius 3 is 2.40 bits per heavy atom. The Balaban J connectivity index is 2.72. The summed E-state index contributed by atoms with van der Waals surface area (Å²) in [7, 11) is 2.08. The minimum atomic E-state index is 0.208. The minimum absolute atomic E-state index is 0.208. The highest BCUT2D eigenvalue weighted by molar-refractivity contribution is 5.19. The molecule has 0 heterocycles. The molecule has 0 fully saturated rings. The van der Waals surface area contributed by atoms with Gasteiger partial charge >= 0.3 is 0 Å². The molecule has 20 heavy (non-hydrogen) atoms. The van der Waals surface area contributed by atoms with Crippen molar-refractivity contribution in [2.75, 3.05) is 26.7 Å². The van der Waals surface area contributed by atoms with Crippen molar-refractivity contribution in [1.82, 2.24) is 10.2 Å². The lowest BCUT2D eigenvalue weighted by Gasteiger charge is -2.31. The SMILES string of the molecule is CCCNC(c1ccccc1)C(C)CN(C)C(C)CO. The largest absolute Gasteiger partial charge is 0.395 e. The molecule has 3 nitrogen and oxygen atoms in total. The second-order valence-corrected chi connectivity index (χ2v) is 5.79. The molecule has 1 rings (SSSR count). The number of aliphatic hydroxyl groups is 1. The van der Waals surface area contributed by atoms with Gasteiger partial charge in [-0.05, 0) is 38.4 Å². The second-order valence-electron chi connectivity index (χ2n) is 5.79. The van der Waals surface area contributed by atoms with E-state index in [1.807, 2.05) is 0 Å². The van der Waals surface area contributed by atoms with E-state index in [2.05, 4.69) is 68.4 Å². The molecule has 0 amide bonds. The summed E-state index contributed by atoms with van der Waals surface area (Å²) in [6.45, 7) is 8.74. The third-order valence-corrected chi connectivity index (χ3v) is 3.93. The maximum atomic E-state index is 9.26. The molecular weight excluding hydrogens is 248 g/mol. The van der Waals surface area contributed by atoms with Gasteiger partial charge in [0.2, 0.25) is 0 Å². The molecule has 0 saturated carbocycles. The Labute approximate surface area is 124 Å². The van der Waals surface area contributed by atoms with Gasteiger partial charge in [-0.1, -0.05) is 44.2 Å². The maximum Gasteiger partial charge on any atom is 0.0584 e. The van der Waals surface area contributed by atoms with Crippen molar-refractivity contribution in [3.63, 3.8) is 0 Å². The lowest BCUT2D eigenvalue weighted by atomic mass is 9.93. The third kappa shape index (κ3) is 5.23. The van der Waals surface area contributed by atoms with Gasteiger partial charge in [-0.15, -0.1) is 0 Å². The Hall–Kier alpha value is -0.900. The van der Waals surface area contributed by atoms with E-state index >= 15 is 0 Å². The van der Waals surface area contributed by atoms with Crippen molar-refractivity contribution in [2.45, 2.75) is 39.3 Å². The second kappa shape index (κ2) is 9.11.